The van der Waals surface area contributed by atoms with Crippen LogP contribution in [-0.2, 0) is 6.42 Å². The van der Waals surface area contributed by atoms with E-state index in [1.165, 1.54) is 0 Å². The predicted molar refractivity (Wildman–Crippen MR) is 71.6 cm³/mol. The highest BCUT2D eigenvalue weighted by atomic mass is 16.3. The van der Waals surface area contributed by atoms with Crippen LogP contribution in [0.15, 0.2) is 11.1 Å². The number of nitrogens with two attached hydrogens (primary N) is 2. The zero-order valence-electron chi connectivity index (χ0n) is 10.9. The van der Waals surface area contributed by atoms with Crippen molar-refractivity contribution in [2.45, 2.75) is 38.7 Å². The predicted octanol–water partition coefficient (Wildman–Crippen LogP) is 0.563. The number of aliphatic imine (C=N–C) groups is 1. The Hall–Kier alpha value is -1.95. The summed E-state index contributed by atoms with van der Waals surface area (Å²) in [6, 6.07) is 1.75. The first-order valence-corrected chi connectivity index (χ1v) is 6.31. The molecule has 102 valence electrons. The van der Waals surface area contributed by atoms with Crippen molar-refractivity contribution in [3.8, 4) is 0 Å². The maximum Gasteiger partial charge on any atom is 0.282 e. The average Bonchev–Trinajstić information content (AvgIpc) is 2.50. The zero-order chi connectivity index (χ0) is 14.0. The minimum absolute atomic E-state index is 0.264. The number of aliphatic hydroxyl groups is 1. The van der Waals surface area contributed by atoms with Crippen molar-refractivity contribution in [3.63, 3.8) is 0 Å². The van der Waals surface area contributed by atoms with Crippen LogP contribution in [0.4, 0.5) is 0 Å². The molecule has 1 aromatic rings. The van der Waals surface area contributed by atoms with Gasteiger partial charge in [0.1, 0.15) is 0 Å². The molecule has 1 unspecified atom stereocenters. The Balaban J connectivity index is 2.46. The standard InChI is InChI=1S/C13H18N4O2/c1-7-9(12(19)17-13(14)15)6-8-4-2-3-5-10(18)11(8)16-7/h6,10,18H,2-5H2,1H3,(H4,14,15,17,19). The molecule has 0 radical (unpaired) electrons. The summed E-state index contributed by atoms with van der Waals surface area (Å²) in [4.78, 5) is 19.8. The number of nitrogens with zero attached hydrogens (tertiary/aromatic N) is 2. The molecule has 1 heterocycles. The van der Waals surface area contributed by atoms with Gasteiger partial charge in [-0.25, -0.2) is 0 Å². The monoisotopic (exact) mass is 262 g/mol. The topological polar surface area (TPSA) is 115 Å². The molecule has 0 fully saturated rings. The quantitative estimate of drug-likeness (QED) is 0.388. The number of fused-ring (bicyclic) bond motifs is 1. The van der Waals surface area contributed by atoms with Crippen LogP contribution in [0.5, 0.6) is 0 Å². The van der Waals surface area contributed by atoms with Crippen LogP contribution >= 0.6 is 0 Å². The average molecular weight is 262 g/mol. The molecule has 1 atom stereocenters. The van der Waals surface area contributed by atoms with E-state index in [0.717, 1.165) is 24.8 Å². The van der Waals surface area contributed by atoms with Crippen LogP contribution in [0.25, 0.3) is 0 Å². The van der Waals surface area contributed by atoms with Crippen molar-refractivity contribution in [1.82, 2.24) is 4.98 Å². The largest absolute Gasteiger partial charge is 0.387 e. The first-order valence-electron chi connectivity index (χ1n) is 6.31. The van der Waals surface area contributed by atoms with Crippen molar-refractivity contribution >= 4 is 11.9 Å². The highest BCUT2D eigenvalue weighted by Crippen LogP contribution is 2.28. The lowest BCUT2D eigenvalue weighted by molar-refractivity contribution is 0.100. The number of amides is 1. The van der Waals surface area contributed by atoms with Gasteiger partial charge >= 0.3 is 0 Å². The molecule has 0 aliphatic heterocycles. The summed E-state index contributed by atoms with van der Waals surface area (Å²) in [6.45, 7) is 1.72. The second-order valence-corrected chi connectivity index (χ2v) is 4.77. The molecule has 0 aromatic carbocycles. The third-order valence-corrected chi connectivity index (χ3v) is 3.28. The van der Waals surface area contributed by atoms with Gasteiger partial charge in [0.25, 0.3) is 5.91 Å². The van der Waals surface area contributed by atoms with E-state index < -0.39 is 12.0 Å². The molecular formula is C13H18N4O2. The van der Waals surface area contributed by atoms with Crippen LogP contribution in [0.3, 0.4) is 0 Å². The normalized spacial score (nSPS) is 18.3. The van der Waals surface area contributed by atoms with E-state index in [-0.39, 0.29) is 5.96 Å². The van der Waals surface area contributed by atoms with E-state index in [9.17, 15) is 9.90 Å². The van der Waals surface area contributed by atoms with Crippen molar-refractivity contribution in [2.24, 2.45) is 16.5 Å². The molecule has 0 bridgehead atoms. The van der Waals surface area contributed by atoms with E-state index in [4.69, 9.17) is 11.5 Å². The number of hydrogen-bond acceptors (Lipinski definition) is 3. The van der Waals surface area contributed by atoms with E-state index in [1.54, 1.807) is 13.0 Å². The van der Waals surface area contributed by atoms with Crippen molar-refractivity contribution < 1.29 is 9.90 Å². The van der Waals surface area contributed by atoms with Crippen LogP contribution in [0.1, 0.15) is 52.7 Å². The van der Waals surface area contributed by atoms with Gasteiger partial charge in [-0.05, 0) is 37.8 Å². The summed E-state index contributed by atoms with van der Waals surface area (Å²) in [5.74, 6) is -0.758. The second-order valence-electron chi connectivity index (χ2n) is 4.77. The molecule has 6 nitrogen and oxygen atoms in total. The molecule has 0 saturated heterocycles. The molecule has 6 heteroatoms. The van der Waals surface area contributed by atoms with E-state index in [0.29, 0.717) is 23.4 Å². The van der Waals surface area contributed by atoms with Crippen LogP contribution < -0.4 is 11.5 Å². The Kier molecular flexibility index (Phi) is 3.80. The number of hydrogen-bond donors (Lipinski definition) is 3. The minimum Gasteiger partial charge on any atom is -0.387 e. The fraction of sp³-hybridized carbons (Fsp3) is 0.462. The molecule has 0 saturated carbocycles. The molecule has 1 aliphatic carbocycles. The highest BCUT2D eigenvalue weighted by molar-refractivity contribution is 6.02. The van der Waals surface area contributed by atoms with E-state index >= 15 is 0 Å². The van der Waals surface area contributed by atoms with Gasteiger partial charge in [-0.3, -0.25) is 9.78 Å². The Bertz CT molecular complexity index is 536. The summed E-state index contributed by atoms with van der Waals surface area (Å²) in [6.07, 6.45) is 2.89. The van der Waals surface area contributed by atoms with Gasteiger partial charge in [-0.2, -0.15) is 4.99 Å². The summed E-state index contributed by atoms with van der Waals surface area (Å²) >= 11 is 0. The number of carbonyl (C=O) groups excluding carboxylic acids is 1. The van der Waals surface area contributed by atoms with E-state index in [2.05, 4.69) is 9.98 Å². The van der Waals surface area contributed by atoms with Gasteiger partial charge in [0, 0.05) is 0 Å². The molecule has 0 spiro atoms. The Morgan fingerprint density at radius 3 is 2.89 bits per heavy atom. The van der Waals surface area contributed by atoms with Gasteiger partial charge in [-0.15, -0.1) is 0 Å². The Morgan fingerprint density at radius 1 is 1.47 bits per heavy atom. The van der Waals surface area contributed by atoms with E-state index in [1.807, 2.05) is 0 Å². The van der Waals surface area contributed by atoms with Crippen molar-refractivity contribution in [3.05, 3.63) is 28.6 Å². The number of aromatic nitrogens is 1. The first kappa shape index (κ1) is 13.5. The SMILES string of the molecule is Cc1nc2c(cc1C(=O)N=C(N)N)CCCCC2O. The third-order valence-electron chi connectivity index (χ3n) is 3.28. The number of carbonyl (C=O) groups is 1. The molecule has 19 heavy (non-hydrogen) atoms. The number of aryl methyl sites for hydroxylation is 2. The summed E-state index contributed by atoms with van der Waals surface area (Å²) in [7, 11) is 0. The van der Waals surface area contributed by atoms with Gasteiger partial charge < -0.3 is 16.6 Å². The number of pyridine rings is 1. The van der Waals surface area contributed by atoms with Gasteiger partial charge in [0.15, 0.2) is 5.96 Å². The van der Waals surface area contributed by atoms with Gasteiger partial charge in [0.05, 0.1) is 23.1 Å². The molecule has 1 amide bonds. The second kappa shape index (κ2) is 5.36. The maximum absolute atomic E-state index is 11.9. The smallest absolute Gasteiger partial charge is 0.282 e. The Labute approximate surface area is 111 Å². The van der Waals surface area contributed by atoms with Crippen LogP contribution in [0.2, 0.25) is 0 Å². The Morgan fingerprint density at radius 2 is 2.21 bits per heavy atom. The lowest BCUT2D eigenvalue weighted by Crippen LogP contribution is -2.24. The fourth-order valence-corrected chi connectivity index (χ4v) is 2.34. The molecule has 1 aromatic heterocycles. The zero-order valence-corrected chi connectivity index (χ0v) is 10.9. The lowest BCUT2D eigenvalue weighted by Gasteiger charge is -2.13. The lowest BCUT2D eigenvalue weighted by atomic mass is 10.0. The van der Waals surface area contributed by atoms with Crippen molar-refractivity contribution in [1.29, 1.82) is 0 Å². The first-order chi connectivity index (χ1) is 8.99. The number of guanidine groups is 1. The maximum atomic E-state index is 11.9. The minimum atomic E-state index is -0.552. The number of aliphatic hydroxyl groups excluding tert-OH is 1. The highest BCUT2D eigenvalue weighted by Gasteiger charge is 2.21. The summed E-state index contributed by atoms with van der Waals surface area (Å²) in [5, 5.41) is 10.0. The molecule has 1 aliphatic rings. The van der Waals surface area contributed by atoms with Crippen LogP contribution in [0, 0.1) is 6.92 Å². The van der Waals surface area contributed by atoms with Gasteiger partial charge in [-0.1, -0.05) is 6.42 Å². The molecular weight excluding hydrogens is 244 g/mol. The fourth-order valence-electron chi connectivity index (χ4n) is 2.34. The van der Waals surface area contributed by atoms with Crippen molar-refractivity contribution in [2.75, 3.05) is 0 Å². The summed E-state index contributed by atoms with van der Waals surface area (Å²) < 4.78 is 0. The molecule has 2 rings (SSSR count). The number of rotatable bonds is 1. The van der Waals surface area contributed by atoms with Crippen LogP contribution in [-0.4, -0.2) is 22.0 Å². The summed E-state index contributed by atoms with van der Waals surface area (Å²) in [5.41, 5.74) is 12.9. The van der Waals surface area contributed by atoms with Gasteiger partial charge in [0.2, 0.25) is 0 Å². The molecule has 5 N–H and O–H groups in total. The third kappa shape index (κ3) is 2.90.